The van der Waals surface area contributed by atoms with Crippen molar-refractivity contribution in [3.05, 3.63) is 55.5 Å². The van der Waals surface area contributed by atoms with Crippen molar-refractivity contribution in [2.24, 2.45) is 0 Å². The Bertz CT molecular complexity index is 907. The molecule has 0 spiro atoms. The van der Waals surface area contributed by atoms with Crippen LogP contribution in [0.2, 0.25) is 10.0 Å². The number of furan rings is 1. The lowest BCUT2D eigenvalue weighted by Gasteiger charge is -2.27. The van der Waals surface area contributed by atoms with Crippen LogP contribution >= 0.6 is 45.8 Å². The van der Waals surface area contributed by atoms with Gasteiger partial charge in [-0.3, -0.25) is 14.9 Å². The highest BCUT2D eigenvalue weighted by Crippen LogP contribution is 2.34. The number of anilines is 1. The number of halogens is 3. The molecule has 1 fully saturated rings. The Morgan fingerprint density at radius 1 is 1.12 bits per heavy atom. The highest BCUT2D eigenvalue weighted by atomic mass is 127. The number of nitrogens with one attached hydrogen (secondary N) is 1. The first-order chi connectivity index (χ1) is 11.4. The molecule has 1 aliphatic heterocycles. The van der Waals surface area contributed by atoms with Crippen molar-refractivity contribution in [3.63, 3.8) is 0 Å². The maximum Gasteiger partial charge on any atom is 0.336 e. The minimum Gasteiger partial charge on any atom is -0.451 e. The van der Waals surface area contributed by atoms with E-state index in [9.17, 15) is 14.4 Å². The van der Waals surface area contributed by atoms with E-state index in [1.807, 2.05) is 22.6 Å². The maximum atomic E-state index is 12.7. The molecule has 0 bridgehead atoms. The summed E-state index contributed by atoms with van der Waals surface area (Å²) >= 11 is 14.0. The van der Waals surface area contributed by atoms with Gasteiger partial charge in [0.25, 0.3) is 11.8 Å². The molecule has 2 aromatic rings. The molecule has 0 aliphatic carbocycles. The van der Waals surface area contributed by atoms with Crippen LogP contribution in [-0.4, -0.2) is 17.8 Å². The van der Waals surface area contributed by atoms with Gasteiger partial charge in [-0.1, -0.05) is 29.3 Å². The van der Waals surface area contributed by atoms with E-state index in [-0.39, 0.29) is 21.3 Å². The van der Waals surface area contributed by atoms with E-state index in [0.29, 0.717) is 9.53 Å². The number of benzene rings is 1. The summed E-state index contributed by atoms with van der Waals surface area (Å²) in [5, 5.41) is 2.31. The quantitative estimate of drug-likeness (QED) is 0.405. The second-order valence-corrected chi connectivity index (χ2v) is 6.52. The number of barbiturate groups is 1. The minimum absolute atomic E-state index is 0.0314. The van der Waals surface area contributed by atoms with Crippen LogP contribution in [0.15, 0.2) is 40.3 Å². The number of rotatable bonds is 2. The van der Waals surface area contributed by atoms with Crippen LogP contribution in [0.5, 0.6) is 0 Å². The van der Waals surface area contributed by atoms with E-state index in [0.717, 1.165) is 4.90 Å². The normalized spacial score (nSPS) is 16.7. The zero-order valence-electron chi connectivity index (χ0n) is 11.7. The molecule has 0 saturated carbocycles. The molecule has 1 aliphatic rings. The van der Waals surface area contributed by atoms with Gasteiger partial charge >= 0.3 is 6.03 Å². The summed E-state index contributed by atoms with van der Waals surface area (Å²) in [6.07, 6.45) is 1.26. The molecule has 4 amide bonds. The molecule has 122 valence electrons. The van der Waals surface area contributed by atoms with Crippen LogP contribution in [0.3, 0.4) is 0 Å². The lowest BCUT2D eigenvalue weighted by atomic mass is 10.1. The van der Waals surface area contributed by atoms with Gasteiger partial charge in [0.1, 0.15) is 11.3 Å². The molecular weight excluding hydrogens is 470 g/mol. The zero-order chi connectivity index (χ0) is 17.4. The summed E-state index contributed by atoms with van der Waals surface area (Å²) in [7, 11) is 0. The summed E-state index contributed by atoms with van der Waals surface area (Å²) in [5.74, 6) is -1.32. The molecule has 2 heterocycles. The van der Waals surface area contributed by atoms with Gasteiger partial charge < -0.3 is 4.42 Å². The third-order valence-electron chi connectivity index (χ3n) is 3.15. The Morgan fingerprint density at radius 3 is 2.54 bits per heavy atom. The first-order valence-corrected chi connectivity index (χ1v) is 8.33. The van der Waals surface area contributed by atoms with Crippen LogP contribution in [0.4, 0.5) is 10.5 Å². The Morgan fingerprint density at radius 2 is 1.88 bits per heavy atom. The molecule has 0 unspecified atom stereocenters. The standard InChI is InChI=1S/C15H7Cl2IN2O4/c16-9-2-1-3-10(12(9)17)20-14(22)8(13(21)19-15(20)23)6-7-4-5-11(18)24-7/h1-6H,(H,19,21,23). The van der Waals surface area contributed by atoms with Crippen LogP contribution in [-0.2, 0) is 9.59 Å². The van der Waals surface area contributed by atoms with Gasteiger partial charge in [-0.2, -0.15) is 0 Å². The third-order valence-corrected chi connectivity index (χ3v) is 4.54. The average Bonchev–Trinajstić information content (AvgIpc) is 2.93. The molecule has 0 radical (unpaired) electrons. The van der Waals surface area contributed by atoms with Gasteiger partial charge in [-0.05, 0) is 52.9 Å². The van der Waals surface area contributed by atoms with Crippen molar-refractivity contribution < 1.29 is 18.8 Å². The van der Waals surface area contributed by atoms with E-state index < -0.39 is 17.8 Å². The van der Waals surface area contributed by atoms with Crippen molar-refractivity contribution in [2.45, 2.75) is 0 Å². The summed E-state index contributed by atoms with van der Waals surface area (Å²) in [6, 6.07) is 6.89. The van der Waals surface area contributed by atoms with E-state index >= 15 is 0 Å². The van der Waals surface area contributed by atoms with Crippen molar-refractivity contribution in [2.75, 3.05) is 4.90 Å². The summed E-state index contributed by atoms with van der Waals surface area (Å²) in [5.41, 5.74) is -0.171. The second kappa shape index (κ2) is 6.58. The van der Waals surface area contributed by atoms with Gasteiger partial charge in [0, 0.05) is 0 Å². The van der Waals surface area contributed by atoms with Gasteiger partial charge in [0.2, 0.25) is 0 Å². The fourth-order valence-electron chi connectivity index (χ4n) is 2.09. The smallest absolute Gasteiger partial charge is 0.336 e. The molecule has 1 saturated heterocycles. The summed E-state index contributed by atoms with van der Waals surface area (Å²) in [6.45, 7) is 0. The Labute approximate surface area is 159 Å². The minimum atomic E-state index is -0.902. The third kappa shape index (κ3) is 3.06. The number of amides is 4. The van der Waals surface area contributed by atoms with E-state index in [1.165, 1.54) is 18.2 Å². The fourth-order valence-corrected chi connectivity index (χ4v) is 2.90. The van der Waals surface area contributed by atoms with Crippen LogP contribution in [0.1, 0.15) is 5.76 Å². The monoisotopic (exact) mass is 476 g/mol. The number of hydrogen-bond donors (Lipinski definition) is 1. The molecule has 3 rings (SSSR count). The SMILES string of the molecule is O=C1NC(=O)N(c2cccc(Cl)c2Cl)C(=O)C1=Cc1ccc(I)o1. The number of imide groups is 2. The predicted molar refractivity (Wildman–Crippen MR) is 96.9 cm³/mol. The molecule has 6 nitrogen and oxygen atoms in total. The van der Waals surface area contributed by atoms with Gasteiger partial charge in [-0.15, -0.1) is 0 Å². The first-order valence-electron chi connectivity index (χ1n) is 6.49. The van der Waals surface area contributed by atoms with Crippen molar-refractivity contribution in [1.29, 1.82) is 0 Å². The van der Waals surface area contributed by atoms with Crippen LogP contribution in [0.25, 0.3) is 6.08 Å². The van der Waals surface area contributed by atoms with Crippen molar-refractivity contribution in [1.82, 2.24) is 5.32 Å². The molecule has 1 aromatic carbocycles. The predicted octanol–water partition coefficient (Wildman–Crippen LogP) is 3.86. The van der Waals surface area contributed by atoms with Gasteiger partial charge in [0.15, 0.2) is 3.77 Å². The maximum absolute atomic E-state index is 12.7. The van der Waals surface area contributed by atoms with E-state index in [1.54, 1.807) is 18.2 Å². The van der Waals surface area contributed by atoms with E-state index in [2.05, 4.69) is 5.32 Å². The van der Waals surface area contributed by atoms with Crippen LogP contribution in [0, 0.1) is 3.77 Å². The number of carbonyl (C=O) groups excluding carboxylic acids is 3. The topological polar surface area (TPSA) is 79.6 Å². The summed E-state index contributed by atoms with van der Waals surface area (Å²) in [4.78, 5) is 37.5. The molecular formula is C15H7Cl2IN2O4. The van der Waals surface area contributed by atoms with Crippen molar-refractivity contribution in [3.8, 4) is 0 Å². The lowest BCUT2D eigenvalue weighted by Crippen LogP contribution is -2.54. The molecule has 24 heavy (non-hydrogen) atoms. The average molecular weight is 477 g/mol. The van der Waals surface area contributed by atoms with Gasteiger partial charge in [-0.25, -0.2) is 9.69 Å². The van der Waals surface area contributed by atoms with E-state index in [4.69, 9.17) is 27.6 Å². The molecule has 1 N–H and O–H groups in total. The zero-order valence-corrected chi connectivity index (χ0v) is 15.3. The summed E-state index contributed by atoms with van der Waals surface area (Å²) < 4.78 is 5.91. The fraction of sp³-hybridized carbons (Fsp3) is 0. The molecule has 1 aromatic heterocycles. The largest absolute Gasteiger partial charge is 0.451 e. The number of urea groups is 1. The molecule has 0 atom stereocenters. The second-order valence-electron chi connectivity index (χ2n) is 4.67. The molecule has 9 heteroatoms. The number of hydrogen-bond acceptors (Lipinski definition) is 4. The highest BCUT2D eigenvalue weighted by Gasteiger charge is 2.38. The Kier molecular flexibility index (Phi) is 4.66. The Hall–Kier alpha value is -1.84. The number of carbonyl (C=O) groups is 3. The highest BCUT2D eigenvalue weighted by molar-refractivity contribution is 14.1. The first kappa shape index (κ1) is 17.0. The van der Waals surface area contributed by atoms with Crippen molar-refractivity contribution >= 4 is 75.4 Å². The van der Waals surface area contributed by atoms with Gasteiger partial charge in [0.05, 0.1) is 15.7 Å². The lowest BCUT2D eigenvalue weighted by molar-refractivity contribution is -0.122. The van der Waals surface area contributed by atoms with Crippen LogP contribution < -0.4 is 10.2 Å². The number of nitrogens with zero attached hydrogens (tertiary/aromatic N) is 1. The Balaban J connectivity index is 2.06.